The van der Waals surface area contributed by atoms with Crippen molar-refractivity contribution in [2.75, 3.05) is 0 Å². The van der Waals surface area contributed by atoms with Gasteiger partial charge in [-0.15, -0.1) is 11.6 Å². The predicted molar refractivity (Wildman–Crippen MR) is 69.4 cm³/mol. The minimum Gasteiger partial charge on any atom is -0.481 e. The lowest BCUT2D eigenvalue weighted by molar-refractivity contribution is -0.144. The van der Waals surface area contributed by atoms with Crippen molar-refractivity contribution in [2.45, 2.75) is 56.0 Å². The zero-order valence-corrected chi connectivity index (χ0v) is 11.2. The quantitative estimate of drug-likeness (QED) is 0.668. The van der Waals surface area contributed by atoms with E-state index >= 15 is 0 Å². The molecule has 18 heavy (non-hydrogen) atoms. The van der Waals surface area contributed by atoms with Crippen LogP contribution in [0, 0.1) is 17.8 Å². The van der Waals surface area contributed by atoms with Gasteiger partial charge in [-0.2, -0.15) is 0 Å². The summed E-state index contributed by atoms with van der Waals surface area (Å²) in [6.07, 6.45) is 4.20. The van der Waals surface area contributed by atoms with Crippen LogP contribution in [0.3, 0.4) is 0 Å². The average Bonchev–Trinajstić information content (AvgIpc) is 2.34. The Bertz CT molecular complexity index is 313. The molecule has 2 saturated carbocycles. The molecule has 5 heteroatoms. The number of alkyl halides is 1. The van der Waals surface area contributed by atoms with Crippen molar-refractivity contribution in [1.29, 1.82) is 0 Å². The largest absolute Gasteiger partial charge is 0.481 e. The van der Waals surface area contributed by atoms with Crippen LogP contribution in [0.4, 0.5) is 0 Å². The molecular formula is C13H22ClNO3. The normalized spacial score (nSPS) is 45.7. The van der Waals surface area contributed by atoms with Gasteiger partial charge < -0.3 is 15.9 Å². The lowest BCUT2D eigenvalue weighted by Crippen LogP contribution is -2.49. The molecule has 4 nitrogen and oxygen atoms in total. The number of nitrogens with two attached hydrogens (primary N) is 1. The van der Waals surface area contributed by atoms with E-state index in [2.05, 4.69) is 0 Å². The van der Waals surface area contributed by atoms with Gasteiger partial charge in [-0.05, 0) is 37.5 Å². The highest BCUT2D eigenvalue weighted by Gasteiger charge is 2.41. The highest BCUT2D eigenvalue weighted by molar-refractivity contribution is 6.20. The zero-order chi connectivity index (χ0) is 13.3. The second-order valence-corrected chi connectivity index (χ2v) is 6.47. The van der Waals surface area contributed by atoms with E-state index in [4.69, 9.17) is 22.4 Å². The van der Waals surface area contributed by atoms with Crippen molar-refractivity contribution in [3.8, 4) is 0 Å². The first-order valence-corrected chi connectivity index (χ1v) is 7.23. The maximum absolute atomic E-state index is 11.1. The van der Waals surface area contributed by atoms with Gasteiger partial charge in [0, 0.05) is 11.4 Å². The number of rotatable bonds is 2. The lowest BCUT2D eigenvalue weighted by atomic mass is 9.68. The van der Waals surface area contributed by atoms with Gasteiger partial charge in [0.05, 0.1) is 12.0 Å². The lowest BCUT2D eigenvalue weighted by Gasteiger charge is -2.42. The molecule has 0 aromatic carbocycles. The number of aliphatic hydroxyl groups is 1. The summed E-state index contributed by atoms with van der Waals surface area (Å²) < 4.78 is 0. The molecule has 2 aliphatic rings. The van der Waals surface area contributed by atoms with E-state index in [9.17, 15) is 9.90 Å². The standard InChI is InChI=1S/C13H22ClNO3/c14-9-5-10(12(16)11(15)6-9)7-2-1-3-8(4-7)13(17)18/h7-12,16H,1-6,15H2,(H,17,18). The first kappa shape index (κ1) is 14.1. The Morgan fingerprint density at radius 2 is 1.94 bits per heavy atom. The summed E-state index contributed by atoms with van der Waals surface area (Å²) >= 11 is 6.18. The zero-order valence-electron chi connectivity index (χ0n) is 10.5. The first-order chi connectivity index (χ1) is 8.49. The van der Waals surface area contributed by atoms with Gasteiger partial charge in [0.1, 0.15) is 0 Å². The van der Waals surface area contributed by atoms with Crippen molar-refractivity contribution >= 4 is 17.6 Å². The first-order valence-electron chi connectivity index (χ1n) is 6.79. The van der Waals surface area contributed by atoms with E-state index in [1.165, 1.54) is 0 Å². The topological polar surface area (TPSA) is 83.6 Å². The molecule has 0 saturated heterocycles. The Kier molecular flexibility index (Phi) is 4.51. The van der Waals surface area contributed by atoms with Crippen LogP contribution >= 0.6 is 11.6 Å². The summed E-state index contributed by atoms with van der Waals surface area (Å²) in [5, 5.41) is 19.3. The van der Waals surface area contributed by atoms with E-state index in [1.807, 2.05) is 0 Å². The number of aliphatic hydroxyl groups excluding tert-OH is 1. The molecule has 4 N–H and O–H groups in total. The Balaban J connectivity index is 2.02. The van der Waals surface area contributed by atoms with Gasteiger partial charge in [-0.25, -0.2) is 0 Å². The van der Waals surface area contributed by atoms with E-state index in [0.29, 0.717) is 12.8 Å². The number of hydrogen-bond acceptors (Lipinski definition) is 3. The van der Waals surface area contributed by atoms with Crippen LogP contribution in [0.5, 0.6) is 0 Å². The molecular weight excluding hydrogens is 254 g/mol. The van der Waals surface area contributed by atoms with Gasteiger partial charge in [-0.3, -0.25) is 4.79 Å². The highest BCUT2D eigenvalue weighted by Crippen LogP contribution is 2.41. The molecule has 0 radical (unpaired) electrons. The molecule has 104 valence electrons. The van der Waals surface area contributed by atoms with Crippen molar-refractivity contribution in [2.24, 2.45) is 23.5 Å². The summed E-state index contributed by atoms with van der Waals surface area (Å²) in [5.41, 5.74) is 5.91. The van der Waals surface area contributed by atoms with Crippen LogP contribution < -0.4 is 5.73 Å². The second kappa shape index (κ2) is 5.76. The fourth-order valence-electron chi connectivity index (χ4n) is 3.60. The van der Waals surface area contributed by atoms with Crippen LogP contribution in [0.2, 0.25) is 0 Å². The van der Waals surface area contributed by atoms with Crippen LogP contribution in [-0.4, -0.2) is 33.7 Å². The van der Waals surface area contributed by atoms with Crippen LogP contribution in [-0.2, 0) is 4.79 Å². The number of carboxylic acids is 1. The maximum atomic E-state index is 11.1. The fourth-order valence-corrected chi connectivity index (χ4v) is 4.01. The van der Waals surface area contributed by atoms with Crippen LogP contribution in [0.15, 0.2) is 0 Å². The van der Waals surface area contributed by atoms with E-state index in [1.54, 1.807) is 0 Å². The smallest absolute Gasteiger partial charge is 0.306 e. The summed E-state index contributed by atoms with van der Waals surface area (Å²) in [5.74, 6) is -0.652. The molecule has 0 aromatic rings. The number of carboxylic acid groups (broad SMARTS) is 1. The summed E-state index contributed by atoms with van der Waals surface area (Å²) in [4.78, 5) is 11.1. The molecule has 0 aliphatic heterocycles. The molecule has 0 heterocycles. The number of halogens is 1. The molecule has 6 atom stereocenters. The van der Waals surface area contributed by atoms with Crippen molar-refractivity contribution in [3.05, 3.63) is 0 Å². The average molecular weight is 276 g/mol. The molecule has 0 bridgehead atoms. The third-order valence-corrected chi connectivity index (χ3v) is 4.96. The summed E-state index contributed by atoms with van der Waals surface area (Å²) in [6, 6.07) is -0.267. The Morgan fingerprint density at radius 3 is 2.61 bits per heavy atom. The van der Waals surface area contributed by atoms with E-state index in [0.717, 1.165) is 25.7 Å². The van der Waals surface area contributed by atoms with Crippen LogP contribution in [0.25, 0.3) is 0 Å². The Hall–Kier alpha value is -0.320. The maximum Gasteiger partial charge on any atom is 0.306 e. The molecule has 0 amide bonds. The Labute approximate surface area is 113 Å². The van der Waals surface area contributed by atoms with Gasteiger partial charge in [-0.1, -0.05) is 12.8 Å². The minimum atomic E-state index is -0.711. The molecule has 6 unspecified atom stereocenters. The van der Waals surface area contributed by atoms with Gasteiger partial charge >= 0.3 is 5.97 Å². The van der Waals surface area contributed by atoms with E-state index < -0.39 is 12.1 Å². The molecule has 0 aromatic heterocycles. The highest BCUT2D eigenvalue weighted by atomic mass is 35.5. The monoisotopic (exact) mass is 275 g/mol. The third-order valence-electron chi connectivity index (χ3n) is 4.60. The fraction of sp³-hybridized carbons (Fsp3) is 0.923. The molecule has 0 spiro atoms. The Morgan fingerprint density at radius 1 is 1.22 bits per heavy atom. The number of hydrogen-bond donors (Lipinski definition) is 3. The van der Waals surface area contributed by atoms with Crippen molar-refractivity contribution in [3.63, 3.8) is 0 Å². The summed E-state index contributed by atoms with van der Waals surface area (Å²) in [7, 11) is 0. The van der Waals surface area contributed by atoms with Crippen LogP contribution in [0.1, 0.15) is 38.5 Å². The van der Waals surface area contributed by atoms with Crippen molar-refractivity contribution < 1.29 is 15.0 Å². The molecule has 2 fully saturated rings. The van der Waals surface area contributed by atoms with E-state index in [-0.39, 0.29) is 29.2 Å². The second-order valence-electron chi connectivity index (χ2n) is 5.85. The minimum absolute atomic E-state index is 0.0126. The van der Waals surface area contributed by atoms with Gasteiger partial charge in [0.2, 0.25) is 0 Å². The molecule has 2 aliphatic carbocycles. The third kappa shape index (κ3) is 2.98. The summed E-state index contributed by atoms with van der Waals surface area (Å²) in [6.45, 7) is 0. The predicted octanol–water partition coefficient (Wildman–Crippen LogP) is 1.58. The van der Waals surface area contributed by atoms with Crippen molar-refractivity contribution in [1.82, 2.24) is 0 Å². The number of carbonyl (C=O) groups is 1. The van der Waals surface area contributed by atoms with Gasteiger partial charge in [0.15, 0.2) is 0 Å². The molecule has 2 rings (SSSR count). The van der Waals surface area contributed by atoms with Gasteiger partial charge in [0.25, 0.3) is 0 Å². The SMILES string of the molecule is NC1CC(Cl)CC(C2CCCC(C(=O)O)C2)C1O. The number of aliphatic carboxylic acids is 1.